The van der Waals surface area contributed by atoms with Crippen LogP contribution in [0.25, 0.3) is 0 Å². The van der Waals surface area contributed by atoms with Crippen molar-refractivity contribution < 1.29 is 13.2 Å². The van der Waals surface area contributed by atoms with Gasteiger partial charge in [-0.1, -0.05) is 0 Å². The van der Waals surface area contributed by atoms with E-state index >= 15 is 0 Å². The Bertz CT molecular complexity index is 581. The first-order valence-electron chi connectivity index (χ1n) is 9.25. The summed E-state index contributed by atoms with van der Waals surface area (Å²) < 4.78 is 37.6. The first-order valence-corrected chi connectivity index (χ1v) is 10.1. The van der Waals surface area contributed by atoms with Gasteiger partial charge >= 0.3 is 6.18 Å². The third-order valence-electron chi connectivity index (χ3n) is 4.49. The van der Waals surface area contributed by atoms with Crippen molar-refractivity contribution >= 4 is 17.3 Å². The lowest BCUT2D eigenvalue weighted by molar-refractivity contribution is -0.140. The van der Waals surface area contributed by atoms with Crippen LogP contribution < -0.4 is 10.6 Å². The SMILES string of the molecule is CN=C(NCCCCN1CCN(C)CC1)NCCc1nc(C(F)(F)F)cs1. The van der Waals surface area contributed by atoms with E-state index in [1.165, 1.54) is 0 Å². The fraction of sp³-hybridized carbons (Fsp3) is 0.765. The standard InChI is InChI=1S/C17H29F3N6S/c1-21-16(22-6-3-4-8-26-11-9-25(2)10-12-26)23-7-5-15-24-14(13-27-15)17(18,19)20/h13H,3-12H2,1-2H3,(H2,21,22,23). The topological polar surface area (TPSA) is 55.8 Å². The summed E-state index contributed by atoms with van der Waals surface area (Å²) in [4.78, 5) is 12.6. The van der Waals surface area contributed by atoms with Crippen LogP contribution in [-0.2, 0) is 12.6 Å². The molecule has 27 heavy (non-hydrogen) atoms. The minimum Gasteiger partial charge on any atom is -0.356 e. The average Bonchev–Trinajstić information content (AvgIpc) is 3.11. The molecule has 154 valence electrons. The third-order valence-corrected chi connectivity index (χ3v) is 5.40. The summed E-state index contributed by atoms with van der Waals surface area (Å²) >= 11 is 1.03. The Kier molecular flexibility index (Phi) is 8.78. The minimum absolute atomic E-state index is 0.435. The van der Waals surface area contributed by atoms with Crippen LogP contribution in [0.3, 0.4) is 0 Å². The van der Waals surface area contributed by atoms with E-state index < -0.39 is 11.9 Å². The Labute approximate surface area is 162 Å². The van der Waals surface area contributed by atoms with Gasteiger partial charge in [-0.3, -0.25) is 4.99 Å². The Morgan fingerprint density at radius 1 is 1.19 bits per heavy atom. The van der Waals surface area contributed by atoms with E-state index in [1.54, 1.807) is 7.05 Å². The number of thiazole rings is 1. The highest BCUT2D eigenvalue weighted by atomic mass is 32.1. The molecule has 10 heteroatoms. The van der Waals surface area contributed by atoms with Crippen LogP contribution >= 0.6 is 11.3 Å². The normalized spacial score (nSPS) is 17.3. The number of nitrogens with zero attached hydrogens (tertiary/aromatic N) is 4. The molecule has 0 radical (unpaired) electrons. The van der Waals surface area contributed by atoms with Crippen LogP contribution in [0.5, 0.6) is 0 Å². The summed E-state index contributed by atoms with van der Waals surface area (Å²) in [5, 5.41) is 7.89. The van der Waals surface area contributed by atoms with E-state index in [0.717, 1.165) is 68.8 Å². The summed E-state index contributed by atoms with van der Waals surface area (Å²) in [5.41, 5.74) is -0.814. The van der Waals surface area contributed by atoms with Crippen LogP contribution in [-0.4, -0.2) is 80.7 Å². The van der Waals surface area contributed by atoms with E-state index in [0.29, 0.717) is 23.9 Å². The molecule has 0 unspecified atom stereocenters. The van der Waals surface area contributed by atoms with Crippen molar-refractivity contribution in [3.63, 3.8) is 0 Å². The number of likely N-dealkylation sites (N-methyl/N-ethyl adjacent to an activating group) is 1. The van der Waals surface area contributed by atoms with Crippen molar-refractivity contribution in [2.24, 2.45) is 4.99 Å². The summed E-state index contributed by atoms with van der Waals surface area (Å²) in [5.74, 6) is 0.669. The number of rotatable bonds is 8. The molecule has 0 atom stereocenters. The highest BCUT2D eigenvalue weighted by Gasteiger charge is 2.33. The summed E-state index contributed by atoms with van der Waals surface area (Å²) in [6.07, 6.45) is -1.75. The van der Waals surface area contributed by atoms with Crippen LogP contribution in [0.4, 0.5) is 13.2 Å². The molecule has 2 N–H and O–H groups in total. The highest BCUT2D eigenvalue weighted by Crippen LogP contribution is 2.29. The molecular weight excluding hydrogens is 377 g/mol. The van der Waals surface area contributed by atoms with E-state index in [-0.39, 0.29) is 0 Å². The lowest BCUT2D eigenvalue weighted by atomic mass is 10.2. The van der Waals surface area contributed by atoms with Gasteiger partial charge in [-0.15, -0.1) is 11.3 Å². The maximum absolute atomic E-state index is 12.5. The number of nitrogens with one attached hydrogen (secondary N) is 2. The fourth-order valence-electron chi connectivity index (χ4n) is 2.80. The lowest BCUT2D eigenvalue weighted by Gasteiger charge is -2.32. The number of aromatic nitrogens is 1. The molecule has 0 saturated carbocycles. The van der Waals surface area contributed by atoms with E-state index in [9.17, 15) is 13.2 Å². The van der Waals surface area contributed by atoms with Crippen LogP contribution in [0.1, 0.15) is 23.5 Å². The molecule has 0 spiro atoms. The van der Waals surface area contributed by atoms with Crippen molar-refractivity contribution in [3.8, 4) is 0 Å². The van der Waals surface area contributed by atoms with E-state index in [2.05, 4.69) is 37.5 Å². The van der Waals surface area contributed by atoms with Crippen LogP contribution in [0, 0.1) is 0 Å². The largest absolute Gasteiger partial charge is 0.434 e. The number of halogens is 3. The molecule has 1 saturated heterocycles. The first-order chi connectivity index (χ1) is 12.9. The third kappa shape index (κ3) is 8.02. The molecule has 1 fully saturated rings. The molecule has 2 heterocycles. The minimum atomic E-state index is -4.37. The van der Waals surface area contributed by atoms with Crippen molar-refractivity contribution in [2.45, 2.75) is 25.4 Å². The second-order valence-corrected chi connectivity index (χ2v) is 7.59. The number of unbranched alkanes of at least 4 members (excludes halogenated alkanes) is 1. The lowest BCUT2D eigenvalue weighted by Crippen LogP contribution is -2.44. The summed E-state index contributed by atoms with van der Waals surface area (Å²) in [7, 11) is 3.84. The number of alkyl halides is 3. The molecule has 2 rings (SSSR count). The fourth-order valence-corrected chi connectivity index (χ4v) is 3.61. The Morgan fingerprint density at radius 3 is 2.52 bits per heavy atom. The van der Waals surface area contributed by atoms with Gasteiger partial charge in [-0.05, 0) is 26.4 Å². The number of piperazine rings is 1. The summed E-state index contributed by atoms with van der Waals surface area (Å²) in [6, 6.07) is 0. The van der Waals surface area contributed by atoms with Gasteiger partial charge in [0.15, 0.2) is 11.7 Å². The Hall–Kier alpha value is -1.39. The zero-order chi connectivity index (χ0) is 19.7. The molecular formula is C17H29F3N6S. The zero-order valence-electron chi connectivity index (χ0n) is 16.0. The molecule has 6 nitrogen and oxygen atoms in total. The van der Waals surface area contributed by atoms with Gasteiger partial charge < -0.3 is 20.4 Å². The maximum atomic E-state index is 12.5. The van der Waals surface area contributed by atoms with Crippen molar-refractivity contribution in [1.29, 1.82) is 0 Å². The van der Waals surface area contributed by atoms with Gasteiger partial charge in [0.2, 0.25) is 0 Å². The average molecular weight is 407 g/mol. The van der Waals surface area contributed by atoms with Gasteiger partial charge in [0.1, 0.15) is 0 Å². The molecule has 0 aliphatic carbocycles. The Balaban J connectivity index is 1.56. The van der Waals surface area contributed by atoms with Gasteiger partial charge in [0.25, 0.3) is 0 Å². The highest BCUT2D eigenvalue weighted by molar-refractivity contribution is 7.09. The second kappa shape index (κ2) is 10.8. The quantitative estimate of drug-likeness (QED) is 0.392. The number of hydrogen-bond acceptors (Lipinski definition) is 5. The predicted octanol–water partition coefficient (Wildman–Crippen LogP) is 1.90. The molecule has 0 aromatic carbocycles. The number of aliphatic imine (C=N–C) groups is 1. The molecule has 1 aliphatic heterocycles. The van der Waals surface area contributed by atoms with E-state index in [4.69, 9.17) is 0 Å². The maximum Gasteiger partial charge on any atom is 0.434 e. The van der Waals surface area contributed by atoms with Crippen molar-refractivity contribution in [1.82, 2.24) is 25.4 Å². The summed E-state index contributed by atoms with van der Waals surface area (Å²) in [6.45, 7) is 6.98. The van der Waals surface area contributed by atoms with E-state index in [1.807, 2.05) is 0 Å². The van der Waals surface area contributed by atoms with Crippen molar-refractivity contribution in [2.75, 3.05) is 59.9 Å². The Morgan fingerprint density at radius 2 is 1.89 bits per heavy atom. The molecule has 1 aromatic rings. The van der Waals surface area contributed by atoms with Crippen molar-refractivity contribution in [3.05, 3.63) is 16.1 Å². The first kappa shape index (κ1) is 21.9. The molecule has 1 aromatic heterocycles. The number of guanidine groups is 1. The van der Waals surface area contributed by atoms with Gasteiger partial charge in [-0.2, -0.15) is 13.2 Å². The zero-order valence-corrected chi connectivity index (χ0v) is 16.8. The van der Waals surface area contributed by atoms with Gasteiger partial charge in [0, 0.05) is 58.1 Å². The predicted molar refractivity (Wildman–Crippen MR) is 103 cm³/mol. The molecule has 0 amide bonds. The molecule has 0 bridgehead atoms. The second-order valence-electron chi connectivity index (χ2n) is 6.65. The van der Waals surface area contributed by atoms with Gasteiger partial charge in [-0.25, -0.2) is 4.98 Å². The van der Waals surface area contributed by atoms with Crippen LogP contribution in [0.2, 0.25) is 0 Å². The molecule has 1 aliphatic rings. The monoisotopic (exact) mass is 406 g/mol. The smallest absolute Gasteiger partial charge is 0.356 e. The van der Waals surface area contributed by atoms with Gasteiger partial charge in [0.05, 0.1) is 5.01 Å². The van der Waals surface area contributed by atoms with Crippen LogP contribution in [0.15, 0.2) is 10.4 Å². The number of hydrogen-bond donors (Lipinski definition) is 2.